The molecule has 1 aliphatic rings. The fourth-order valence-electron chi connectivity index (χ4n) is 3.97. The van der Waals surface area contributed by atoms with Crippen molar-refractivity contribution >= 4 is 11.0 Å². The van der Waals surface area contributed by atoms with Gasteiger partial charge in [0, 0.05) is 11.6 Å². The Bertz CT molecular complexity index is 1050. The summed E-state index contributed by atoms with van der Waals surface area (Å²) in [6.07, 6.45) is 2.07. The molecule has 6 heteroatoms. The summed E-state index contributed by atoms with van der Waals surface area (Å²) in [5.41, 5.74) is 0.869. The Morgan fingerprint density at radius 2 is 1.82 bits per heavy atom. The number of ether oxygens (including phenoxy) is 2. The maximum absolute atomic E-state index is 12.9. The van der Waals surface area contributed by atoms with Gasteiger partial charge in [0.1, 0.15) is 28.4 Å². The summed E-state index contributed by atoms with van der Waals surface area (Å²) < 4.78 is 16.4. The summed E-state index contributed by atoms with van der Waals surface area (Å²) in [5.74, 6) is 1.22. The number of aromatic hydroxyl groups is 1. The van der Waals surface area contributed by atoms with Crippen LogP contribution in [0.4, 0.5) is 0 Å². The quantitative estimate of drug-likeness (QED) is 0.680. The number of methoxy groups -OCH3 is 2. The van der Waals surface area contributed by atoms with Crippen LogP contribution in [0.2, 0.25) is 0 Å². The molecular weight excluding hydrogens is 358 g/mol. The van der Waals surface area contributed by atoms with Crippen LogP contribution in [0.5, 0.6) is 17.2 Å². The highest BCUT2D eigenvalue weighted by Crippen LogP contribution is 2.41. The van der Waals surface area contributed by atoms with E-state index in [-0.39, 0.29) is 11.3 Å². The maximum Gasteiger partial charge on any atom is 0.345 e. The Morgan fingerprint density at radius 3 is 2.54 bits per heavy atom. The molecule has 1 N–H and O–H groups in total. The molecule has 2 heterocycles. The molecule has 4 rings (SSSR count). The molecule has 0 unspecified atom stereocenters. The normalized spacial score (nSPS) is 15.6. The van der Waals surface area contributed by atoms with Gasteiger partial charge in [0.05, 0.1) is 25.6 Å². The second-order valence-electron chi connectivity index (χ2n) is 6.90. The van der Waals surface area contributed by atoms with Crippen LogP contribution in [-0.4, -0.2) is 37.3 Å². The van der Waals surface area contributed by atoms with Crippen molar-refractivity contribution in [3.8, 4) is 17.2 Å². The number of hydrogen-bond acceptors (Lipinski definition) is 6. The fourth-order valence-corrected chi connectivity index (χ4v) is 3.97. The molecule has 2 aromatic carbocycles. The molecule has 1 aromatic heterocycles. The van der Waals surface area contributed by atoms with Crippen LogP contribution in [0.3, 0.4) is 0 Å². The van der Waals surface area contributed by atoms with Gasteiger partial charge in [-0.05, 0) is 50.2 Å². The summed E-state index contributed by atoms with van der Waals surface area (Å²) >= 11 is 0. The van der Waals surface area contributed by atoms with Gasteiger partial charge in [-0.2, -0.15) is 0 Å². The van der Waals surface area contributed by atoms with E-state index < -0.39 is 11.7 Å². The van der Waals surface area contributed by atoms with Gasteiger partial charge in [0.2, 0.25) is 0 Å². The SMILES string of the molecule is COc1ccc([C@H](c2c(O)c3ccccc3oc2=O)N2CCCC2)c(OC)c1. The number of para-hydroxylation sites is 1. The first-order valence-electron chi connectivity index (χ1n) is 9.34. The molecule has 0 saturated carbocycles. The lowest BCUT2D eigenvalue weighted by Crippen LogP contribution is -2.30. The van der Waals surface area contributed by atoms with Gasteiger partial charge in [0.15, 0.2) is 0 Å². The van der Waals surface area contributed by atoms with E-state index in [0.29, 0.717) is 22.5 Å². The Kier molecular flexibility index (Phi) is 4.96. The van der Waals surface area contributed by atoms with E-state index in [1.807, 2.05) is 18.2 Å². The summed E-state index contributed by atoms with van der Waals surface area (Å²) in [7, 11) is 3.18. The Morgan fingerprint density at radius 1 is 1.07 bits per heavy atom. The van der Waals surface area contributed by atoms with E-state index >= 15 is 0 Å². The highest BCUT2D eigenvalue weighted by atomic mass is 16.5. The van der Waals surface area contributed by atoms with Gasteiger partial charge < -0.3 is 19.0 Å². The molecule has 1 atom stereocenters. The Balaban J connectivity index is 1.96. The fraction of sp³-hybridized carbons (Fsp3) is 0.318. The van der Waals surface area contributed by atoms with Crippen LogP contribution >= 0.6 is 0 Å². The molecule has 28 heavy (non-hydrogen) atoms. The lowest BCUT2D eigenvalue weighted by molar-refractivity contribution is 0.262. The van der Waals surface area contributed by atoms with Crippen molar-refractivity contribution in [3.05, 3.63) is 64.0 Å². The number of benzene rings is 2. The number of rotatable bonds is 5. The molecule has 0 amide bonds. The molecule has 0 aliphatic carbocycles. The number of hydrogen-bond donors (Lipinski definition) is 1. The summed E-state index contributed by atoms with van der Waals surface area (Å²) in [5, 5.41) is 11.6. The van der Waals surface area contributed by atoms with Gasteiger partial charge in [-0.15, -0.1) is 0 Å². The third-order valence-electron chi connectivity index (χ3n) is 5.33. The van der Waals surface area contributed by atoms with Gasteiger partial charge in [-0.3, -0.25) is 4.90 Å². The van der Waals surface area contributed by atoms with Gasteiger partial charge >= 0.3 is 5.63 Å². The summed E-state index contributed by atoms with van der Waals surface area (Å²) in [4.78, 5) is 15.1. The lowest BCUT2D eigenvalue weighted by atomic mass is 9.95. The highest BCUT2D eigenvalue weighted by Gasteiger charge is 2.33. The first-order valence-corrected chi connectivity index (χ1v) is 9.34. The zero-order valence-electron chi connectivity index (χ0n) is 16.0. The minimum atomic E-state index is -0.536. The second kappa shape index (κ2) is 7.56. The summed E-state index contributed by atoms with van der Waals surface area (Å²) in [6.45, 7) is 1.65. The average Bonchev–Trinajstić information content (AvgIpc) is 3.25. The second-order valence-corrected chi connectivity index (χ2v) is 6.90. The predicted octanol–water partition coefficient (Wildman–Crippen LogP) is 3.70. The van der Waals surface area contributed by atoms with Gasteiger partial charge in [0.25, 0.3) is 0 Å². The van der Waals surface area contributed by atoms with Crippen molar-refractivity contribution in [2.24, 2.45) is 0 Å². The predicted molar refractivity (Wildman–Crippen MR) is 106 cm³/mol. The van der Waals surface area contributed by atoms with E-state index in [1.165, 1.54) is 0 Å². The lowest BCUT2D eigenvalue weighted by Gasteiger charge is -2.29. The first-order chi connectivity index (χ1) is 13.6. The van der Waals surface area contributed by atoms with Crippen LogP contribution in [0.15, 0.2) is 51.7 Å². The minimum Gasteiger partial charge on any atom is -0.507 e. The van der Waals surface area contributed by atoms with Crippen LogP contribution in [0.1, 0.15) is 30.0 Å². The standard InChI is InChI=1S/C22H23NO5/c1-26-14-9-10-15(18(13-14)27-2)20(23-11-5-6-12-23)19-21(24)16-7-3-4-8-17(16)28-22(19)25/h3-4,7-10,13,20,24H,5-6,11-12H2,1-2H3/t20-/m1/s1. The van der Waals surface area contributed by atoms with Crippen LogP contribution < -0.4 is 15.1 Å². The first kappa shape index (κ1) is 18.4. The monoisotopic (exact) mass is 381 g/mol. The average molecular weight is 381 g/mol. The van der Waals surface area contributed by atoms with Crippen molar-refractivity contribution in [2.45, 2.75) is 18.9 Å². The molecule has 1 saturated heterocycles. The molecule has 0 bridgehead atoms. The van der Waals surface area contributed by atoms with Crippen molar-refractivity contribution in [1.29, 1.82) is 0 Å². The molecule has 146 valence electrons. The smallest absolute Gasteiger partial charge is 0.345 e. The number of likely N-dealkylation sites (tertiary alicyclic amines) is 1. The van der Waals surface area contributed by atoms with Crippen molar-refractivity contribution in [2.75, 3.05) is 27.3 Å². The van der Waals surface area contributed by atoms with E-state index in [4.69, 9.17) is 13.9 Å². The van der Waals surface area contributed by atoms with E-state index in [2.05, 4.69) is 4.90 Å². The van der Waals surface area contributed by atoms with E-state index in [1.54, 1.807) is 38.5 Å². The van der Waals surface area contributed by atoms with Crippen LogP contribution in [-0.2, 0) is 0 Å². The topological polar surface area (TPSA) is 72.1 Å². The van der Waals surface area contributed by atoms with Gasteiger partial charge in [-0.25, -0.2) is 4.79 Å². The van der Waals surface area contributed by atoms with Crippen LogP contribution in [0, 0.1) is 0 Å². The Hall–Kier alpha value is -2.99. The van der Waals surface area contributed by atoms with E-state index in [0.717, 1.165) is 31.5 Å². The number of nitrogens with zero attached hydrogens (tertiary/aromatic N) is 1. The van der Waals surface area contributed by atoms with Crippen molar-refractivity contribution in [1.82, 2.24) is 4.90 Å². The molecule has 1 fully saturated rings. The molecule has 0 spiro atoms. The largest absolute Gasteiger partial charge is 0.507 e. The highest BCUT2D eigenvalue weighted by molar-refractivity contribution is 5.84. The molecule has 1 aliphatic heterocycles. The summed E-state index contributed by atoms with van der Waals surface area (Å²) in [6, 6.07) is 12.1. The minimum absolute atomic E-state index is 0.0402. The van der Waals surface area contributed by atoms with Gasteiger partial charge in [-0.1, -0.05) is 12.1 Å². The Labute approximate surface area is 162 Å². The molecule has 0 radical (unpaired) electrons. The van der Waals surface area contributed by atoms with Crippen molar-refractivity contribution < 1.29 is 19.0 Å². The third-order valence-corrected chi connectivity index (χ3v) is 5.33. The number of fused-ring (bicyclic) bond motifs is 1. The third kappa shape index (κ3) is 3.10. The van der Waals surface area contributed by atoms with Crippen molar-refractivity contribution in [3.63, 3.8) is 0 Å². The zero-order chi connectivity index (χ0) is 19.7. The maximum atomic E-state index is 12.9. The zero-order valence-corrected chi connectivity index (χ0v) is 16.0. The van der Waals surface area contributed by atoms with E-state index in [9.17, 15) is 9.90 Å². The molecule has 3 aromatic rings. The molecular formula is C22H23NO5. The molecule has 6 nitrogen and oxygen atoms in total. The van der Waals surface area contributed by atoms with Crippen LogP contribution in [0.25, 0.3) is 11.0 Å².